The Morgan fingerprint density at radius 2 is 2.62 bits per heavy atom. The summed E-state index contributed by atoms with van der Waals surface area (Å²) in [5.41, 5.74) is 0.491. The first-order chi connectivity index (χ1) is 3.84. The fraction of sp³-hybridized carbons (Fsp3) is 0.200. The van der Waals surface area contributed by atoms with E-state index >= 15 is 0 Å². The van der Waals surface area contributed by atoms with Crippen molar-refractivity contribution in [1.29, 1.82) is 0 Å². The lowest BCUT2D eigenvalue weighted by Crippen LogP contribution is -1.55. The molecule has 1 aromatic heterocycles. The fourth-order valence-corrected chi connectivity index (χ4v) is 0.401. The maximum Gasteiger partial charge on any atom is 0.248 e. The maximum atomic E-state index is 6.53. The molecule has 1 heterocycles. The summed E-state index contributed by atoms with van der Waals surface area (Å²) in [7, 11) is 0. The average molecular weight is 108 g/mol. The van der Waals surface area contributed by atoms with Gasteiger partial charge in [0, 0.05) is 0 Å². The second-order valence-corrected chi connectivity index (χ2v) is 1.38. The van der Waals surface area contributed by atoms with Crippen LogP contribution in [0.1, 0.15) is 5.76 Å². The third-order valence-electron chi connectivity index (χ3n) is 0.846. The number of nitrogens with zero attached hydrogens (tertiary/aromatic N) is 2. The number of aryl methyl sites for hydroxylation is 1. The van der Waals surface area contributed by atoms with Gasteiger partial charge in [0.25, 0.3) is 0 Å². The van der Waals surface area contributed by atoms with Crippen LogP contribution < -0.4 is 0 Å². The smallest absolute Gasteiger partial charge is 0.248 e. The Hall–Kier alpha value is -1.30. The van der Waals surface area contributed by atoms with Gasteiger partial charge in [0.05, 0.1) is 12.8 Å². The molecule has 1 aromatic rings. The van der Waals surface area contributed by atoms with Crippen LogP contribution in [0.15, 0.2) is 10.7 Å². The molecule has 1 rings (SSSR count). The number of rotatable bonds is 0. The molecule has 3 nitrogen and oxygen atoms in total. The minimum atomic E-state index is 0.491. The molecule has 8 heavy (non-hydrogen) atoms. The first kappa shape index (κ1) is 4.85. The summed E-state index contributed by atoms with van der Waals surface area (Å²) < 4.78 is 4.59. The molecule has 0 fully saturated rings. The largest absolute Gasteiger partial charge is 0.374 e. The maximum absolute atomic E-state index is 6.53. The standard InChI is InChI=1S/C5H4N2O/c1-4-5(6-2)3-7-8-4/h3H,1H3. The first-order valence-electron chi connectivity index (χ1n) is 2.13. The van der Waals surface area contributed by atoms with Gasteiger partial charge in [-0.2, -0.15) is 0 Å². The van der Waals surface area contributed by atoms with Gasteiger partial charge in [-0.05, 0) is 6.92 Å². The molecular weight excluding hydrogens is 104 g/mol. The molecule has 0 aliphatic heterocycles. The van der Waals surface area contributed by atoms with Gasteiger partial charge in [-0.1, -0.05) is 0 Å². The van der Waals surface area contributed by atoms with E-state index in [0.717, 1.165) is 0 Å². The molecule has 0 spiro atoms. The molecule has 3 heteroatoms. The van der Waals surface area contributed by atoms with E-state index < -0.39 is 0 Å². The lowest BCUT2D eigenvalue weighted by atomic mass is 10.4. The summed E-state index contributed by atoms with van der Waals surface area (Å²) in [6.45, 7) is 8.23. The molecule has 0 saturated heterocycles. The van der Waals surface area contributed by atoms with Crippen molar-refractivity contribution in [2.75, 3.05) is 0 Å². The van der Waals surface area contributed by atoms with Crippen molar-refractivity contribution in [2.45, 2.75) is 6.92 Å². The summed E-state index contributed by atoms with van der Waals surface area (Å²) in [5.74, 6) is 0.583. The summed E-state index contributed by atoms with van der Waals surface area (Å²) in [6.07, 6.45) is 1.41. The predicted octanol–water partition coefficient (Wildman–Crippen LogP) is 1.53. The van der Waals surface area contributed by atoms with Crippen LogP contribution in [0, 0.1) is 13.5 Å². The van der Waals surface area contributed by atoms with Crippen LogP contribution in [-0.2, 0) is 0 Å². The summed E-state index contributed by atoms with van der Waals surface area (Å²) in [5, 5.41) is 3.40. The molecule has 0 aromatic carbocycles. The zero-order chi connectivity index (χ0) is 5.98. The molecule has 0 bridgehead atoms. The lowest BCUT2D eigenvalue weighted by Gasteiger charge is -1.74. The van der Waals surface area contributed by atoms with Crippen LogP contribution in [0.4, 0.5) is 5.69 Å². The highest BCUT2D eigenvalue weighted by Gasteiger charge is 1.98. The normalized spacial score (nSPS) is 8.50. The van der Waals surface area contributed by atoms with Crippen molar-refractivity contribution < 1.29 is 4.52 Å². The summed E-state index contributed by atoms with van der Waals surface area (Å²) >= 11 is 0. The first-order valence-corrected chi connectivity index (χ1v) is 2.13. The van der Waals surface area contributed by atoms with E-state index in [2.05, 4.69) is 14.5 Å². The molecule has 0 radical (unpaired) electrons. The molecule has 0 unspecified atom stereocenters. The van der Waals surface area contributed by atoms with E-state index in [4.69, 9.17) is 6.57 Å². The van der Waals surface area contributed by atoms with Gasteiger partial charge < -0.3 is 4.52 Å². The van der Waals surface area contributed by atoms with Crippen LogP contribution in [0.5, 0.6) is 0 Å². The van der Waals surface area contributed by atoms with Crippen molar-refractivity contribution in [3.8, 4) is 0 Å². The van der Waals surface area contributed by atoms with Crippen molar-refractivity contribution in [1.82, 2.24) is 5.16 Å². The predicted molar refractivity (Wildman–Crippen MR) is 27.5 cm³/mol. The van der Waals surface area contributed by atoms with Gasteiger partial charge in [-0.3, -0.25) is 0 Å². The van der Waals surface area contributed by atoms with E-state index in [1.807, 2.05) is 0 Å². The van der Waals surface area contributed by atoms with Gasteiger partial charge >= 0.3 is 0 Å². The highest BCUT2D eigenvalue weighted by atomic mass is 16.5. The van der Waals surface area contributed by atoms with E-state index in [0.29, 0.717) is 11.4 Å². The van der Waals surface area contributed by atoms with E-state index in [1.165, 1.54) is 6.20 Å². The Labute approximate surface area is 46.7 Å². The van der Waals surface area contributed by atoms with Crippen LogP contribution in [0.3, 0.4) is 0 Å². The Balaban J connectivity index is 3.15. The molecule has 0 aliphatic rings. The molecule has 0 amide bonds. The summed E-state index contributed by atoms with van der Waals surface area (Å²) in [4.78, 5) is 3.12. The Morgan fingerprint density at radius 1 is 1.88 bits per heavy atom. The number of hydrogen-bond acceptors (Lipinski definition) is 2. The van der Waals surface area contributed by atoms with Gasteiger partial charge in [-0.15, -0.1) is 5.16 Å². The third-order valence-corrected chi connectivity index (χ3v) is 0.846. The van der Waals surface area contributed by atoms with Gasteiger partial charge in [0.2, 0.25) is 5.69 Å². The SMILES string of the molecule is [C-]#[N+]c1cnoc1C. The molecule has 0 saturated carbocycles. The van der Waals surface area contributed by atoms with Crippen molar-refractivity contribution in [2.24, 2.45) is 0 Å². The quantitative estimate of drug-likeness (QED) is 0.472. The Kier molecular flexibility index (Phi) is 1.01. The summed E-state index contributed by atoms with van der Waals surface area (Å²) in [6, 6.07) is 0. The fourth-order valence-electron chi connectivity index (χ4n) is 0.401. The number of aromatic nitrogens is 1. The zero-order valence-electron chi connectivity index (χ0n) is 4.38. The van der Waals surface area contributed by atoms with Crippen LogP contribution in [0.2, 0.25) is 0 Å². The Morgan fingerprint density at radius 3 is 2.88 bits per heavy atom. The van der Waals surface area contributed by atoms with Gasteiger partial charge in [0.1, 0.15) is 5.76 Å². The van der Waals surface area contributed by atoms with Crippen molar-refractivity contribution >= 4 is 5.69 Å². The van der Waals surface area contributed by atoms with Gasteiger partial charge in [0.15, 0.2) is 0 Å². The molecule has 0 aliphatic carbocycles. The second kappa shape index (κ2) is 1.66. The van der Waals surface area contributed by atoms with Crippen LogP contribution in [-0.4, -0.2) is 5.16 Å². The highest BCUT2D eigenvalue weighted by molar-refractivity contribution is 5.44. The van der Waals surface area contributed by atoms with Crippen molar-refractivity contribution in [3.05, 3.63) is 23.4 Å². The third kappa shape index (κ3) is 0.562. The van der Waals surface area contributed by atoms with Crippen LogP contribution >= 0.6 is 0 Å². The van der Waals surface area contributed by atoms with Gasteiger partial charge in [-0.25, -0.2) is 4.85 Å². The topological polar surface area (TPSA) is 30.4 Å². The minimum Gasteiger partial charge on any atom is -0.374 e. The minimum absolute atomic E-state index is 0.491. The monoisotopic (exact) mass is 108 g/mol. The van der Waals surface area contributed by atoms with E-state index in [1.54, 1.807) is 6.92 Å². The Bertz CT molecular complexity index is 221. The van der Waals surface area contributed by atoms with Crippen molar-refractivity contribution in [3.63, 3.8) is 0 Å². The molecule has 40 valence electrons. The molecule has 0 atom stereocenters. The van der Waals surface area contributed by atoms with E-state index in [9.17, 15) is 0 Å². The van der Waals surface area contributed by atoms with E-state index in [-0.39, 0.29) is 0 Å². The zero-order valence-corrected chi connectivity index (χ0v) is 4.38. The highest BCUT2D eigenvalue weighted by Crippen LogP contribution is 2.15. The lowest BCUT2D eigenvalue weighted by molar-refractivity contribution is 0.398. The molecule has 0 N–H and O–H groups in total. The number of hydrogen-bond donors (Lipinski definition) is 0. The average Bonchev–Trinajstić information content (AvgIpc) is 2.14. The molecular formula is C5H4N2O. The van der Waals surface area contributed by atoms with Crippen LogP contribution in [0.25, 0.3) is 4.85 Å². The second-order valence-electron chi connectivity index (χ2n) is 1.38.